The molecule has 0 saturated carbocycles. The molecule has 2 heterocycles. The quantitative estimate of drug-likeness (QED) is 0.444. The summed E-state index contributed by atoms with van der Waals surface area (Å²) in [5, 5.41) is 10.9. The Kier molecular flexibility index (Phi) is 6.91. The average molecular weight is 463 g/mol. The lowest BCUT2D eigenvalue weighted by atomic mass is 10.0. The molecule has 1 aromatic heterocycles. The van der Waals surface area contributed by atoms with Crippen molar-refractivity contribution in [3.05, 3.63) is 97.9 Å². The molecule has 8 nitrogen and oxygen atoms in total. The van der Waals surface area contributed by atoms with E-state index in [-0.39, 0.29) is 24.0 Å². The first-order valence-electron chi connectivity index (χ1n) is 11.2. The fourth-order valence-electron chi connectivity index (χ4n) is 4.42. The molecule has 2 N–H and O–H groups in total. The lowest BCUT2D eigenvalue weighted by Gasteiger charge is -2.38. The fraction of sp³-hybridized carbons (Fsp3) is 0.320. The van der Waals surface area contributed by atoms with Crippen LogP contribution in [0.2, 0.25) is 0 Å². The van der Waals surface area contributed by atoms with Gasteiger partial charge in [-0.25, -0.2) is 15.0 Å². The van der Waals surface area contributed by atoms with Gasteiger partial charge in [0.1, 0.15) is 11.6 Å². The van der Waals surface area contributed by atoms with Crippen LogP contribution in [0.4, 0.5) is 10.2 Å². The molecule has 0 spiro atoms. The molecule has 1 aliphatic heterocycles. The number of nitrogens with zero attached hydrogens (tertiary/aromatic N) is 5. The predicted octanol–water partition coefficient (Wildman–Crippen LogP) is 1.95. The van der Waals surface area contributed by atoms with Crippen molar-refractivity contribution in [3.8, 4) is 6.07 Å². The number of hydrazine groups is 1. The van der Waals surface area contributed by atoms with E-state index >= 15 is 0 Å². The van der Waals surface area contributed by atoms with Crippen LogP contribution in [0.15, 0.2) is 64.2 Å². The summed E-state index contributed by atoms with van der Waals surface area (Å²) < 4.78 is 16.2. The lowest BCUT2D eigenvalue weighted by Crippen LogP contribution is -2.53. The number of aromatic nitrogens is 2. The van der Waals surface area contributed by atoms with Crippen LogP contribution in [-0.2, 0) is 20.1 Å². The number of rotatable bonds is 6. The van der Waals surface area contributed by atoms with Crippen molar-refractivity contribution in [1.29, 1.82) is 5.26 Å². The van der Waals surface area contributed by atoms with Crippen molar-refractivity contribution in [2.75, 3.05) is 18.1 Å². The second-order valence-corrected chi connectivity index (χ2v) is 8.61. The maximum Gasteiger partial charge on any atom is 0.332 e. The van der Waals surface area contributed by atoms with E-state index in [1.165, 1.54) is 46.5 Å². The molecule has 176 valence electrons. The van der Waals surface area contributed by atoms with Gasteiger partial charge in [0.15, 0.2) is 0 Å². The second kappa shape index (κ2) is 10.0. The molecule has 1 aliphatic rings. The maximum atomic E-state index is 13.9. The summed E-state index contributed by atoms with van der Waals surface area (Å²) in [5.41, 5.74) is 0.731. The Bertz CT molecular complexity index is 1330. The summed E-state index contributed by atoms with van der Waals surface area (Å²) in [6.07, 6.45) is 1.72. The molecule has 0 unspecified atom stereocenters. The number of likely N-dealkylation sites (tertiary alicyclic amines) is 1. The molecule has 9 heteroatoms. The van der Waals surface area contributed by atoms with Crippen LogP contribution in [-0.4, -0.2) is 33.2 Å². The molecule has 0 amide bonds. The standard InChI is InChI=1S/C25H27FN6O2/c1-29-24(33)13-23(31(25(29)34)16-20-12-21(26)10-9-19(20)14-27)32(28)22-8-5-11-30(17-22)15-18-6-3-2-4-7-18/h2-4,6-7,9-10,12-13,22H,5,8,11,15-17,28H2,1H3/t22-/m1/s1. The molecule has 3 aromatic rings. The van der Waals surface area contributed by atoms with Crippen molar-refractivity contribution >= 4 is 5.82 Å². The number of nitrogens with two attached hydrogens (primary N) is 1. The van der Waals surface area contributed by atoms with E-state index < -0.39 is 17.1 Å². The molecule has 0 bridgehead atoms. The molecule has 1 fully saturated rings. The van der Waals surface area contributed by atoms with E-state index in [0.717, 1.165) is 30.5 Å². The number of benzene rings is 2. The van der Waals surface area contributed by atoms with Crippen molar-refractivity contribution in [1.82, 2.24) is 14.0 Å². The molecule has 0 aliphatic carbocycles. The Hall–Kier alpha value is -3.74. The van der Waals surface area contributed by atoms with E-state index in [2.05, 4.69) is 17.0 Å². The van der Waals surface area contributed by atoms with Gasteiger partial charge in [-0.2, -0.15) is 5.26 Å². The van der Waals surface area contributed by atoms with Gasteiger partial charge in [-0.05, 0) is 48.7 Å². The van der Waals surface area contributed by atoms with Crippen LogP contribution in [0, 0.1) is 17.1 Å². The Morgan fingerprint density at radius 1 is 1.15 bits per heavy atom. The Labute approximate surface area is 196 Å². The van der Waals surface area contributed by atoms with Crippen LogP contribution in [0.1, 0.15) is 29.5 Å². The predicted molar refractivity (Wildman–Crippen MR) is 128 cm³/mol. The summed E-state index contributed by atoms with van der Waals surface area (Å²) in [7, 11) is 1.38. The van der Waals surface area contributed by atoms with E-state index in [4.69, 9.17) is 5.84 Å². The van der Waals surface area contributed by atoms with Crippen molar-refractivity contribution < 1.29 is 4.39 Å². The third kappa shape index (κ3) is 4.93. The molecular formula is C25H27FN6O2. The van der Waals surface area contributed by atoms with Crippen molar-refractivity contribution in [3.63, 3.8) is 0 Å². The summed E-state index contributed by atoms with van der Waals surface area (Å²) in [5.74, 6) is 6.26. The van der Waals surface area contributed by atoms with E-state index in [9.17, 15) is 19.2 Å². The smallest absolute Gasteiger partial charge is 0.297 e. The topological polar surface area (TPSA) is 100 Å². The molecule has 1 atom stereocenters. The summed E-state index contributed by atoms with van der Waals surface area (Å²) in [6, 6.07) is 17.2. The Morgan fingerprint density at radius 3 is 2.65 bits per heavy atom. The minimum absolute atomic E-state index is 0.0862. The van der Waals surface area contributed by atoms with Crippen molar-refractivity contribution in [2.24, 2.45) is 12.9 Å². The zero-order valence-corrected chi connectivity index (χ0v) is 19.0. The van der Waals surface area contributed by atoms with Gasteiger partial charge in [0, 0.05) is 26.2 Å². The fourth-order valence-corrected chi connectivity index (χ4v) is 4.42. The number of piperidine rings is 1. The highest BCUT2D eigenvalue weighted by Crippen LogP contribution is 2.21. The SMILES string of the molecule is Cn1c(=O)cc(N(N)[C@@H]2CCCN(Cc3ccccc3)C2)n(Cc2cc(F)ccc2C#N)c1=O. The van der Waals surface area contributed by atoms with E-state index in [0.29, 0.717) is 12.1 Å². The van der Waals surface area contributed by atoms with Crippen LogP contribution < -0.4 is 22.1 Å². The third-order valence-corrected chi connectivity index (χ3v) is 6.28. The van der Waals surface area contributed by atoms with Crippen LogP contribution >= 0.6 is 0 Å². The number of anilines is 1. The molecule has 2 aromatic carbocycles. The lowest BCUT2D eigenvalue weighted by molar-refractivity contribution is 0.195. The average Bonchev–Trinajstić information content (AvgIpc) is 2.85. The monoisotopic (exact) mass is 462 g/mol. The first kappa shape index (κ1) is 23.4. The summed E-state index contributed by atoms with van der Waals surface area (Å²) in [4.78, 5) is 27.8. The van der Waals surface area contributed by atoms with Gasteiger partial charge in [-0.1, -0.05) is 30.3 Å². The summed E-state index contributed by atoms with van der Waals surface area (Å²) in [6.45, 7) is 2.29. The minimum Gasteiger partial charge on any atom is -0.297 e. The van der Waals surface area contributed by atoms with Crippen LogP contribution in [0.3, 0.4) is 0 Å². The highest BCUT2D eigenvalue weighted by Gasteiger charge is 2.27. The molecule has 0 radical (unpaired) electrons. The second-order valence-electron chi connectivity index (χ2n) is 8.61. The first-order valence-corrected chi connectivity index (χ1v) is 11.2. The first-order chi connectivity index (χ1) is 16.4. The van der Waals surface area contributed by atoms with Gasteiger partial charge in [-0.3, -0.25) is 23.8 Å². The molecular weight excluding hydrogens is 435 g/mol. The van der Waals surface area contributed by atoms with Gasteiger partial charge in [-0.15, -0.1) is 0 Å². The van der Waals surface area contributed by atoms with Gasteiger partial charge in [0.05, 0.1) is 24.2 Å². The van der Waals surface area contributed by atoms with E-state index in [1.54, 1.807) is 0 Å². The molecule has 1 saturated heterocycles. The Balaban J connectivity index is 1.66. The number of hydrogen-bond acceptors (Lipinski definition) is 6. The largest absolute Gasteiger partial charge is 0.332 e. The zero-order chi connectivity index (χ0) is 24.2. The van der Waals surface area contributed by atoms with Gasteiger partial charge in [0.2, 0.25) is 0 Å². The summed E-state index contributed by atoms with van der Waals surface area (Å²) >= 11 is 0. The zero-order valence-electron chi connectivity index (χ0n) is 19.0. The normalized spacial score (nSPS) is 16.2. The van der Waals surface area contributed by atoms with Crippen LogP contribution in [0.5, 0.6) is 0 Å². The molecule has 34 heavy (non-hydrogen) atoms. The van der Waals surface area contributed by atoms with Gasteiger partial charge >= 0.3 is 5.69 Å². The highest BCUT2D eigenvalue weighted by atomic mass is 19.1. The molecule has 4 rings (SSSR count). The van der Waals surface area contributed by atoms with Crippen molar-refractivity contribution in [2.45, 2.75) is 32.0 Å². The minimum atomic E-state index is -0.581. The number of halogens is 1. The number of hydrogen-bond donors (Lipinski definition) is 1. The van der Waals surface area contributed by atoms with E-state index in [1.807, 2.05) is 24.3 Å². The van der Waals surface area contributed by atoms with Gasteiger partial charge in [0.25, 0.3) is 5.56 Å². The Morgan fingerprint density at radius 2 is 1.91 bits per heavy atom. The van der Waals surface area contributed by atoms with Crippen LogP contribution in [0.25, 0.3) is 0 Å². The third-order valence-electron chi connectivity index (χ3n) is 6.28. The number of nitriles is 1. The highest BCUT2D eigenvalue weighted by molar-refractivity contribution is 5.42. The van der Waals surface area contributed by atoms with Gasteiger partial charge < -0.3 is 0 Å². The maximum absolute atomic E-state index is 13.9.